The highest BCUT2D eigenvalue weighted by atomic mass is 19.3. The van der Waals surface area contributed by atoms with Crippen molar-refractivity contribution in [3.63, 3.8) is 0 Å². The average Bonchev–Trinajstić information content (AvgIpc) is 2.34. The highest BCUT2D eigenvalue weighted by Gasteiger charge is 2.49. The van der Waals surface area contributed by atoms with E-state index < -0.39 is 35.1 Å². The molecule has 0 fully saturated rings. The molecule has 1 atom stereocenters. The number of benzene rings is 1. The molecular formula is C12H14F3NO3. The molecule has 1 rings (SSSR count). The number of halogens is 3. The molecule has 19 heavy (non-hydrogen) atoms. The van der Waals surface area contributed by atoms with Gasteiger partial charge in [0.15, 0.2) is 0 Å². The van der Waals surface area contributed by atoms with Crippen LogP contribution < -0.4 is 5.73 Å². The van der Waals surface area contributed by atoms with Crippen molar-refractivity contribution in [1.82, 2.24) is 0 Å². The molecule has 1 aromatic rings. The van der Waals surface area contributed by atoms with Crippen molar-refractivity contribution in [1.29, 1.82) is 0 Å². The second-order valence-corrected chi connectivity index (χ2v) is 3.95. The number of carbonyl (C=O) groups excluding carboxylic acids is 1. The van der Waals surface area contributed by atoms with Crippen LogP contribution in [0.3, 0.4) is 0 Å². The molecule has 0 aliphatic rings. The van der Waals surface area contributed by atoms with Crippen LogP contribution in [0.25, 0.3) is 0 Å². The van der Waals surface area contributed by atoms with Crippen molar-refractivity contribution in [2.45, 2.75) is 25.8 Å². The van der Waals surface area contributed by atoms with Crippen LogP contribution >= 0.6 is 0 Å². The van der Waals surface area contributed by atoms with Gasteiger partial charge in [-0.25, -0.2) is 9.18 Å². The maximum atomic E-state index is 13.7. The Morgan fingerprint density at radius 3 is 2.63 bits per heavy atom. The number of rotatable bonds is 4. The quantitative estimate of drug-likeness (QED) is 0.826. The zero-order valence-corrected chi connectivity index (χ0v) is 10.4. The first-order valence-corrected chi connectivity index (χ1v) is 5.52. The molecule has 0 aromatic heterocycles. The average molecular weight is 277 g/mol. The van der Waals surface area contributed by atoms with Crippen LogP contribution in [0.15, 0.2) is 12.1 Å². The fourth-order valence-corrected chi connectivity index (χ4v) is 1.52. The van der Waals surface area contributed by atoms with Crippen molar-refractivity contribution in [3.05, 3.63) is 29.1 Å². The van der Waals surface area contributed by atoms with E-state index in [1.807, 2.05) is 0 Å². The van der Waals surface area contributed by atoms with E-state index in [4.69, 9.17) is 5.73 Å². The molecule has 4 nitrogen and oxygen atoms in total. The number of aryl methyl sites for hydroxylation is 1. The minimum Gasteiger partial charge on any atom is -0.507 e. The van der Waals surface area contributed by atoms with E-state index in [0.29, 0.717) is 0 Å². The molecule has 0 unspecified atom stereocenters. The Morgan fingerprint density at radius 1 is 1.53 bits per heavy atom. The summed E-state index contributed by atoms with van der Waals surface area (Å²) in [7, 11) is 0. The molecule has 106 valence electrons. The molecule has 0 bridgehead atoms. The first kappa shape index (κ1) is 15.3. The van der Waals surface area contributed by atoms with Gasteiger partial charge in [0, 0.05) is 0 Å². The van der Waals surface area contributed by atoms with Crippen LogP contribution in [0.2, 0.25) is 0 Å². The lowest BCUT2D eigenvalue weighted by molar-refractivity contribution is -0.175. The number of aromatic hydroxyl groups is 1. The van der Waals surface area contributed by atoms with Gasteiger partial charge in [-0.2, -0.15) is 8.78 Å². The van der Waals surface area contributed by atoms with Gasteiger partial charge in [-0.05, 0) is 25.5 Å². The van der Waals surface area contributed by atoms with E-state index >= 15 is 0 Å². The number of phenolic OH excluding ortho intramolecular Hbond substituents is 1. The maximum absolute atomic E-state index is 13.7. The second kappa shape index (κ2) is 5.48. The number of hydrogen-bond donors (Lipinski definition) is 2. The van der Waals surface area contributed by atoms with Crippen molar-refractivity contribution in [2.24, 2.45) is 5.73 Å². The summed E-state index contributed by atoms with van der Waals surface area (Å²) < 4.78 is 45.1. The maximum Gasteiger partial charge on any atom is 0.379 e. The van der Waals surface area contributed by atoms with Gasteiger partial charge >= 0.3 is 11.9 Å². The van der Waals surface area contributed by atoms with Gasteiger partial charge in [-0.1, -0.05) is 6.07 Å². The fourth-order valence-electron chi connectivity index (χ4n) is 1.52. The van der Waals surface area contributed by atoms with E-state index in [0.717, 1.165) is 6.07 Å². The summed E-state index contributed by atoms with van der Waals surface area (Å²) >= 11 is 0. The van der Waals surface area contributed by atoms with E-state index in [9.17, 15) is 23.1 Å². The SMILES string of the molecule is CCOC(=O)C(F)(F)[C@H](N)c1c(F)ccc(C)c1O. The summed E-state index contributed by atoms with van der Waals surface area (Å²) in [5.74, 6) is -7.80. The molecule has 0 aliphatic carbocycles. The van der Waals surface area contributed by atoms with Gasteiger partial charge in [-0.15, -0.1) is 0 Å². The van der Waals surface area contributed by atoms with Crippen LogP contribution in [0.4, 0.5) is 13.2 Å². The van der Waals surface area contributed by atoms with Crippen LogP contribution in [-0.2, 0) is 9.53 Å². The lowest BCUT2D eigenvalue weighted by Gasteiger charge is -2.23. The number of esters is 1. The molecular weight excluding hydrogens is 263 g/mol. The Labute approximate surface area is 108 Å². The number of nitrogens with two attached hydrogens (primary N) is 1. The van der Waals surface area contributed by atoms with E-state index in [1.54, 1.807) is 0 Å². The predicted molar refractivity (Wildman–Crippen MR) is 61.3 cm³/mol. The monoisotopic (exact) mass is 277 g/mol. The number of alkyl halides is 2. The molecule has 3 N–H and O–H groups in total. The zero-order chi connectivity index (χ0) is 14.8. The molecule has 7 heteroatoms. The number of hydrogen-bond acceptors (Lipinski definition) is 4. The van der Waals surface area contributed by atoms with Gasteiger partial charge in [0.2, 0.25) is 0 Å². The van der Waals surface area contributed by atoms with Crippen molar-refractivity contribution in [2.75, 3.05) is 6.61 Å². The van der Waals surface area contributed by atoms with Crippen molar-refractivity contribution < 1.29 is 27.8 Å². The van der Waals surface area contributed by atoms with Crippen LogP contribution in [0.5, 0.6) is 5.75 Å². The Bertz CT molecular complexity index is 491. The highest BCUT2D eigenvalue weighted by molar-refractivity contribution is 5.79. The number of phenols is 1. The van der Waals surface area contributed by atoms with Crippen LogP contribution in [-0.4, -0.2) is 23.6 Å². The Hall–Kier alpha value is -1.76. The van der Waals surface area contributed by atoms with Crippen molar-refractivity contribution in [3.8, 4) is 5.75 Å². The minimum atomic E-state index is -4.14. The van der Waals surface area contributed by atoms with Gasteiger partial charge in [-0.3, -0.25) is 0 Å². The molecule has 1 aromatic carbocycles. The molecule has 0 aliphatic heterocycles. The normalized spacial score (nSPS) is 13.2. The van der Waals surface area contributed by atoms with Crippen LogP contribution in [0, 0.1) is 12.7 Å². The topological polar surface area (TPSA) is 72.5 Å². The highest BCUT2D eigenvalue weighted by Crippen LogP contribution is 2.37. The minimum absolute atomic E-state index is 0.173. The van der Waals surface area contributed by atoms with Crippen molar-refractivity contribution >= 4 is 5.97 Å². The summed E-state index contributed by atoms with van der Waals surface area (Å²) in [5.41, 5.74) is 4.59. The molecule has 0 heterocycles. The largest absolute Gasteiger partial charge is 0.507 e. The molecule has 0 saturated carbocycles. The summed E-state index contributed by atoms with van der Waals surface area (Å²) in [5, 5.41) is 9.62. The lowest BCUT2D eigenvalue weighted by atomic mass is 9.97. The van der Waals surface area contributed by atoms with E-state index in [1.165, 1.54) is 19.9 Å². The smallest absolute Gasteiger partial charge is 0.379 e. The number of carbonyl (C=O) groups is 1. The third kappa shape index (κ3) is 2.81. The predicted octanol–water partition coefficient (Wildman–Crippen LogP) is 2.04. The molecule has 0 spiro atoms. The van der Waals surface area contributed by atoms with E-state index in [-0.39, 0.29) is 12.2 Å². The third-order valence-electron chi connectivity index (χ3n) is 2.61. The molecule has 0 saturated heterocycles. The third-order valence-corrected chi connectivity index (χ3v) is 2.61. The van der Waals surface area contributed by atoms with Gasteiger partial charge in [0.05, 0.1) is 12.2 Å². The van der Waals surface area contributed by atoms with Gasteiger partial charge in [0.1, 0.15) is 17.6 Å². The summed E-state index contributed by atoms with van der Waals surface area (Å²) in [6, 6.07) is -0.221. The van der Waals surface area contributed by atoms with Crippen LogP contribution in [0.1, 0.15) is 24.1 Å². The van der Waals surface area contributed by atoms with E-state index in [2.05, 4.69) is 4.74 Å². The fraction of sp³-hybridized carbons (Fsp3) is 0.417. The first-order chi connectivity index (χ1) is 8.73. The molecule has 0 amide bonds. The summed E-state index contributed by atoms with van der Waals surface area (Å²) in [4.78, 5) is 11.1. The standard InChI is InChI=1S/C12H14F3NO3/c1-3-19-11(18)12(14,15)10(16)8-7(13)5-4-6(2)9(8)17/h4-5,10,17H,3,16H2,1-2H3/t10-/m1/s1. The Kier molecular flexibility index (Phi) is 4.41. The Balaban J connectivity index is 3.23. The summed E-state index contributed by atoms with van der Waals surface area (Å²) in [6.45, 7) is 2.49. The second-order valence-electron chi connectivity index (χ2n) is 3.95. The Morgan fingerprint density at radius 2 is 2.11 bits per heavy atom. The number of ether oxygens (including phenoxy) is 1. The van der Waals surface area contributed by atoms with Gasteiger partial charge in [0.25, 0.3) is 0 Å². The summed E-state index contributed by atoms with van der Waals surface area (Å²) in [6.07, 6.45) is 0. The lowest BCUT2D eigenvalue weighted by Crippen LogP contribution is -2.42. The first-order valence-electron chi connectivity index (χ1n) is 5.52. The molecule has 0 radical (unpaired) electrons. The van der Waals surface area contributed by atoms with Gasteiger partial charge < -0.3 is 15.6 Å². The zero-order valence-electron chi connectivity index (χ0n) is 10.4.